The van der Waals surface area contributed by atoms with Crippen molar-refractivity contribution in [3.8, 4) is 5.75 Å². The molecule has 2 amide bonds. The standard InChI is InChI=1S/C19H23ClN6O2/c1-13-11-26-12-21-17(10-18(26)22-13)24-5-7-25(8-6-24)19(27)23-14-3-4-16(28-2)15(20)9-14/h3-4,9-10,12-13H,5-8,11H2,1-2H3,(H,23,27). The third kappa shape index (κ3) is 3.77. The number of ether oxygens (including phenoxy) is 1. The Kier molecular flexibility index (Phi) is 5.13. The van der Waals surface area contributed by atoms with Crippen LogP contribution in [0.3, 0.4) is 0 Å². The molecule has 1 saturated heterocycles. The summed E-state index contributed by atoms with van der Waals surface area (Å²) < 4.78 is 5.13. The van der Waals surface area contributed by atoms with E-state index >= 15 is 0 Å². The summed E-state index contributed by atoms with van der Waals surface area (Å²) in [6.07, 6.45) is 3.88. The van der Waals surface area contributed by atoms with Gasteiger partial charge in [-0.25, -0.2) is 9.79 Å². The van der Waals surface area contributed by atoms with Crippen LogP contribution in [0.4, 0.5) is 10.5 Å². The van der Waals surface area contributed by atoms with E-state index in [1.54, 1.807) is 30.2 Å². The molecule has 3 aliphatic heterocycles. The number of urea groups is 1. The fourth-order valence-corrected chi connectivity index (χ4v) is 3.74. The van der Waals surface area contributed by atoms with Gasteiger partial charge in [-0.1, -0.05) is 11.6 Å². The van der Waals surface area contributed by atoms with Gasteiger partial charge in [-0.15, -0.1) is 0 Å². The number of aliphatic imine (C=N–C) groups is 2. The Balaban J connectivity index is 1.33. The molecule has 1 aromatic carbocycles. The zero-order valence-corrected chi connectivity index (χ0v) is 16.7. The Labute approximate surface area is 169 Å². The van der Waals surface area contributed by atoms with E-state index in [-0.39, 0.29) is 6.03 Å². The lowest BCUT2D eigenvalue weighted by molar-refractivity contribution is 0.167. The van der Waals surface area contributed by atoms with Crippen molar-refractivity contribution in [3.05, 3.63) is 35.1 Å². The van der Waals surface area contributed by atoms with E-state index < -0.39 is 0 Å². The SMILES string of the molecule is COc1ccc(NC(=O)N2CCN(C3=CC4=NC(C)CN4C=N3)CC2)cc1Cl. The highest BCUT2D eigenvalue weighted by atomic mass is 35.5. The van der Waals surface area contributed by atoms with E-state index in [9.17, 15) is 4.79 Å². The molecule has 28 heavy (non-hydrogen) atoms. The second-order valence-electron chi connectivity index (χ2n) is 6.99. The van der Waals surface area contributed by atoms with Crippen molar-refractivity contribution in [2.24, 2.45) is 9.98 Å². The molecular weight excluding hydrogens is 380 g/mol. The van der Waals surface area contributed by atoms with Crippen molar-refractivity contribution in [1.29, 1.82) is 0 Å². The summed E-state index contributed by atoms with van der Waals surface area (Å²) in [7, 11) is 1.56. The largest absolute Gasteiger partial charge is 0.495 e. The predicted octanol–water partition coefficient (Wildman–Crippen LogP) is 2.48. The van der Waals surface area contributed by atoms with Gasteiger partial charge in [-0.05, 0) is 25.1 Å². The number of amides is 2. The molecule has 3 aliphatic rings. The molecule has 1 unspecified atom stereocenters. The summed E-state index contributed by atoms with van der Waals surface area (Å²) in [5.41, 5.74) is 0.645. The van der Waals surface area contributed by atoms with Crippen molar-refractivity contribution >= 4 is 35.5 Å². The number of rotatable bonds is 3. The van der Waals surface area contributed by atoms with Crippen LogP contribution in [-0.2, 0) is 0 Å². The van der Waals surface area contributed by atoms with Gasteiger partial charge in [0, 0.05) is 44.5 Å². The van der Waals surface area contributed by atoms with Crippen molar-refractivity contribution in [2.75, 3.05) is 45.2 Å². The third-order valence-corrected chi connectivity index (χ3v) is 5.28. The number of carbonyl (C=O) groups is 1. The Morgan fingerprint density at radius 2 is 2.07 bits per heavy atom. The summed E-state index contributed by atoms with van der Waals surface area (Å²) in [6, 6.07) is 5.35. The number of anilines is 1. The summed E-state index contributed by atoms with van der Waals surface area (Å²) in [5, 5.41) is 3.36. The molecule has 0 saturated carbocycles. The summed E-state index contributed by atoms with van der Waals surface area (Å²) in [6.45, 7) is 5.67. The molecule has 1 fully saturated rings. The number of amidine groups is 1. The van der Waals surface area contributed by atoms with Crippen LogP contribution in [0.5, 0.6) is 5.75 Å². The highest BCUT2D eigenvalue weighted by Gasteiger charge is 2.27. The van der Waals surface area contributed by atoms with Crippen LogP contribution < -0.4 is 10.1 Å². The molecule has 0 aromatic heterocycles. The zero-order valence-electron chi connectivity index (χ0n) is 15.9. The van der Waals surface area contributed by atoms with Gasteiger partial charge < -0.3 is 24.8 Å². The van der Waals surface area contributed by atoms with Crippen LogP contribution in [0.25, 0.3) is 0 Å². The van der Waals surface area contributed by atoms with E-state index in [1.807, 2.05) is 12.4 Å². The van der Waals surface area contributed by atoms with E-state index in [0.717, 1.165) is 31.3 Å². The number of nitrogens with one attached hydrogen (secondary N) is 1. The van der Waals surface area contributed by atoms with E-state index in [4.69, 9.17) is 16.3 Å². The molecule has 0 radical (unpaired) electrons. The van der Waals surface area contributed by atoms with Gasteiger partial charge >= 0.3 is 6.03 Å². The number of nitrogens with zero attached hydrogens (tertiary/aromatic N) is 5. The number of carbonyl (C=O) groups excluding carboxylic acids is 1. The molecule has 1 aromatic rings. The van der Waals surface area contributed by atoms with Crippen LogP contribution >= 0.6 is 11.6 Å². The molecule has 0 aliphatic carbocycles. The van der Waals surface area contributed by atoms with Crippen LogP contribution in [0.1, 0.15) is 6.92 Å². The van der Waals surface area contributed by atoms with Crippen LogP contribution in [0.2, 0.25) is 5.02 Å². The first-order chi connectivity index (χ1) is 13.5. The number of methoxy groups -OCH3 is 1. The smallest absolute Gasteiger partial charge is 0.321 e. The lowest BCUT2D eigenvalue weighted by Gasteiger charge is -2.36. The van der Waals surface area contributed by atoms with Crippen LogP contribution in [0, 0.1) is 0 Å². The molecule has 1 atom stereocenters. The minimum absolute atomic E-state index is 0.137. The number of hydrogen-bond acceptors (Lipinski definition) is 6. The van der Waals surface area contributed by atoms with Crippen molar-refractivity contribution < 1.29 is 9.53 Å². The molecular formula is C19H23ClN6O2. The van der Waals surface area contributed by atoms with Crippen molar-refractivity contribution in [2.45, 2.75) is 13.0 Å². The number of hydrogen-bond donors (Lipinski definition) is 1. The lowest BCUT2D eigenvalue weighted by Crippen LogP contribution is -2.49. The van der Waals surface area contributed by atoms with E-state index in [1.165, 1.54) is 0 Å². The number of piperazine rings is 1. The quantitative estimate of drug-likeness (QED) is 0.843. The predicted molar refractivity (Wildman–Crippen MR) is 110 cm³/mol. The zero-order chi connectivity index (χ0) is 19.7. The first kappa shape index (κ1) is 18.6. The average Bonchev–Trinajstić information content (AvgIpc) is 3.07. The summed E-state index contributed by atoms with van der Waals surface area (Å²) >= 11 is 6.12. The fourth-order valence-electron chi connectivity index (χ4n) is 3.49. The van der Waals surface area contributed by atoms with Crippen LogP contribution in [-0.4, -0.2) is 78.8 Å². The van der Waals surface area contributed by atoms with Gasteiger partial charge in [0.25, 0.3) is 0 Å². The molecule has 0 spiro atoms. The second kappa shape index (κ2) is 7.71. The van der Waals surface area contributed by atoms with Crippen molar-refractivity contribution in [1.82, 2.24) is 14.7 Å². The Morgan fingerprint density at radius 3 is 2.79 bits per heavy atom. The average molecular weight is 403 g/mol. The Hall–Kier alpha value is -2.74. The highest BCUT2D eigenvalue weighted by molar-refractivity contribution is 6.32. The lowest BCUT2D eigenvalue weighted by atomic mass is 10.3. The summed E-state index contributed by atoms with van der Waals surface area (Å²) in [5.74, 6) is 2.45. The number of halogens is 1. The van der Waals surface area contributed by atoms with E-state index in [0.29, 0.717) is 35.6 Å². The Morgan fingerprint density at radius 1 is 1.29 bits per heavy atom. The maximum absolute atomic E-state index is 12.6. The molecule has 1 N–H and O–H groups in total. The first-order valence-corrected chi connectivity index (χ1v) is 9.66. The highest BCUT2D eigenvalue weighted by Crippen LogP contribution is 2.27. The minimum Gasteiger partial charge on any atom is -0.495 e. The number of fused-ring (bicyclic) bond motifs is 1. The maximum atomic E-state index is 12.6. The molecule has 0 bridgehead atoms. The maximum Gasteiger partial charge on any atom is 0.321 e. The minimum atomic E-state index is -0.137. The third-order valence-electron chi connectivity index (χ3n) is 4.99. The molecule has 8 nitrogen and oxygen atoms in total. The Bertz CT molecular complexity index is 860. The van der Waals surface area contributed by atoms with E-state index in [2.05, 4.69) is 32.0 Å². The monoisotopic (exact) mass is 402 g/mol. The van der Waals surface area contributed by atoms with Gasteiger partial charge in [-0.2, -0.15) is 0 Å². The number of benzene rings is 1. The van der Waals surface area contributed by atoms with Crippen molar-refractivity contribution in [3.63, 3.8) is 0 Å². The molecule has 9 heteroatoms. The first-order valence-electron chi connectivity index (χ1n) is 9.28. The molecule has 148 valence electrons. The summed E-state index contributed by atoms with van der Waals surface area (Å²) in [4.78, 5) is 27.8. The van der Waals surface area contributed by atoms with Gasteiger partial charge in [0.05, 0.1) is 24.5 Å². The second-order valence-corrected chi connectivity index (χ2v) is 7.40. The topological polar surface area (TPSA) is 72.8 Å². The normalized spacial score (nSPS) is 21.2. The van der Waals surface area contributed by atoms with Gasteiger partial charge in [0.1, 0.15) is 17.4 Å². The van der Waals surface area contributed by atoms with Gasteiger partial charge in [-0.3, -0.25) is 4.99 Å². The molecule has 4 rings (SSSR count). The van der Waals surface area contributed by atoms with Gasteiger partial charge in [0.2, 0.25) is 0 Å². The van der Waals surface area contributed by atoms with Gasteiger partial charge in [0.15, 0.2) is 0 Å². The fraction of sp³-hybridized carbons (Fsp3) is 0.421. The molecule has 3 heterocycles. The van der Waals surface area contributed by atoms with Crippen LogP contribution in [0.15, 0.2) is 40.1 Å².